The Bertz CT molecular complexity index is 347. The first-order valence-corrected chi connectivity index (χ1v) is 6.31. The number of nitrogens with zero attached hydrogens (tertiary/aromatic N) is 1. The van der Waals surface area contributed by atoms with E-state index in [4.69, 9.17) is 5.73 Å². The van der Waals surface area contributed by atoms with Crippen molar-refractivity contribution in [3.8, 4) is 0 Å². The summed E-state index contributed by atoms with van der Waals surface area (Å²) in [6, 6.07) is 10.8. The first kappa shape index (κ1) is 11.3. The molecule has 16 heavy (non-hydrogen) atoms. The Morgan fingerprint density at radius 3 is 2.81 bits per heavy atom. The molecule has 1 heterocycles. The Balaban J connectivity index is 1.84. The summed E-state index contributed by atoms with van der Waals surface area (Å²) in [5.41, 5.74) is 5.24. The van der Waals surface area contributed by atoms with E-state index >= 15 is 0 Å². The Morgan fingerprint density at radius 2 is 2.25 bits per heavy atom. The van der Waals surface area contributed by atoms with Crippen molar-refractivity contribution in [2.75, 3.05) is 13.1 Å². The number of hydrogen-bond acceptors (Lipinski definition) is 2. The zero-order valence-corrected chi connectivity index (χ0v) is 9.87. The quantitative estimate of drug-likeness (QED) is 0.853. The molecule has 1 aliphatic heterocycles. The van der Waals surface area contributed by atoms with Gasteiger partial charge in [0.1, 0.15) is 0 Å². The highest BCUT2D eigenvalue weighted by Gasteiger charge is 2.21. The lowest BCUT2D eigenvalue weighted by Gasteiger charge is -2.30. The Hall–Kier alpha value is -1.16. The van der Waals surface area contributed by atoms with E-state index in [1.165, 1.54) is 4.90 Å². The van der Waals surface area contributed by atoms with Gasteiger partial charge in [-0.1, -0.05) is 12.1 Å². The molecule has 2 amide bonds. The molecule has 1 fully saturated rings. The molecule has 1 radical (unpaired) electrons. The van der Waals surface area contributed by atoms with Crippen LogP contribution in [0.2, 0.25) is 0 Å². The number of hydrogen-bond donors (Lipinski definition) is 1. The molecule has 3 nitrogen and oxygen atoms in total. The number of carbonyl (C=O) groups excluding carboxylic acids is 1. The van der Waals surface area contributed by atoms with E-state index in [2.05, 4.69) is 12.1 Å². The van der Waals surface area contributed by atoms with Gasteiger partial charge in [-0.3, -0.25) is 0 Å². The summed E-state index contributed by atoms with van der Waals surface area (Å²) in [6.07, 6.45) is 2.03. The lowest BCUT2D eigenvalue weighted by atomic mass is 10.1. The monoisotopic (exact) mass is 235 g/mol. The van der Waals surface area contributed by atoms with Crippen molar-refractivity contribution in [2.45, 2.75) is 23.0 Å². The van der Waals surface area contributed by atoms with Gasteiger partial charge in [-0.2, -0.15) is 0 Å². The third-order valence-corrected chi connectivity index (χ3v) is 4.07. The molecule has 0 aromatic heterocycles. The van der Waals surface area contributed by atoms with Gasteiger partial charge in [-0.15, -0.1) is 11.8 Å². The number of likely N-dealkylation sites (tertiary alicyclic amines) is 1. The normalized spacial score (nSPS) is 17.4. The van der Waals surface area contributed by atoms with Gasteiger partial charge in [0.05, 0.1) is 0 Å². The maximum atomic E-state index is 11.0. The van der Waals surface area contributed by atoms with Gasteiger partial charge >= 0.3 is 6.03 Å². The SMILES string of the molecule is NC(=O)N1CCC(Sc2c[c]ccc2)CC1. The van der Waals surface area contributed by atoms with E-state index in [-0.39, 0.29) is 6.03 Å². The minimum absolute atomic E-state index is 0.295. The number of urea groups is 1. The van der Waals surface area contributed by atoms with Crippen molar-refractivity contribution >= 4 is 17.8 Å². The first-order valence-electron chi connectivity index (χ1n) is 5.43. The third-order valence-electron chi connectivity index (χ3n) is 2.73. The summed E-state index contributed by atoms with van der Waals surface area (Å²) in [5.74, 6) is 0. The van der Waals surface area contributed by atoms with E-state index in [9.17, 15) is 4.79 Å². The zero-order chi connectivity index (χ0) is 11.4. The number of primary amides is 1. The van der Waals surface area contributed by atoms with Crippen LogP contribution >= 0.6 is 11.8 Å². The molecule has 4 heteroatoms. The standard InChI is InChI=1S/C12H15N2OS/c13-12(15)14-8-6-11(7-9-14)16-10-4-2-1-3-5-10/h1-2,4-5,11H,6-9H2,(H2,13,15). The Kier molecular flexibility index (Phi) is 3.72. The number of rotatable bonds is 2. The van der Waals surface area contributed by atoms with Crippen molar-refractivity contribution in [3.05, 3.63) is 30.3 Å². The molecule has 2 rings (SSSR count). The second-order valence-electron chi connectivity index (χ2n) is 3.88. The molecule has 1 aliphatic rings. The van der Waals surface area contributed by atoms with Crippen molar-refractivity contribution in [2.24, 2.45) is 5.73 Å². The molecule has 0 aliphatic carbocycles. The van der Waals surface area contributed by atoms with Crippen LogP contribution in [0, 0.1) is 6.07 Å². The number of benzene rings is 1. The maximum Gasteiger partial charge on any atom is 0.314 e. The summed E-state index contributed by atoms with van der Waals surface area (Å²) in [6.45, 7) is 1.56. The van der Waals surface area contributed by atoms with Gasteiger partial charge in [0, 0.05) is 23.2 Å². The molecular formula is C12H15N2OS. The van der Waals surface area contributed by atoms with E-state index in [1.807, 2.05) is 30.0 Å². The largest absolute Gasteiger partial charge is 0.351 e. The Labute approximate surface area is 100.0 Å². The van der Waals surface area contributed by atoms with E-state index in [0.29, 0.717) is 5.25 Å². The lowest BCUT2D eigenvalue weighted by Crippen LogP contribution is -2.42. The van der Waals surface area contributed by atoms with Crippen LogP contribution in [0.15, 0.2) is 29.2 Å². The molecule has 0 spiro atoms. The number of amides is 2. The van der Waals surface area contributed by atoms with Crippen LogP contribution in [0.4, 0.5) is 4.79 Å². The van der Waals surface area contributed by atoms with Crippen molar-refractivity contribution in [3.63, 3.8) is 0 Å². The van der Waals surface area contributed by atoms with Crippen LogP contribution in [0.5, 0.6) is 0 Å². The predicted molar refractivity (Wildman–Crippen MR) is 65.3 cm³/mol. The van der Waals surface area contributed by atoms with Gasteiger partial charge in [-0.05, 0) is 31.0 Å². The molecule has 2 N–H and O–H groups in total. The molecular weight excluding hydrogens is 220 g/mol. The molecule has 0 unspecified atom stereocenters. The molecule has 85 valence electrons. The predicted octanol–water partition coefficient (Wildman–Crippen LogP) is 2.12. The van der Waals surface area contributed by atoms with Gasteiger partial charge in [0.15, 0.2) is 0 Å². The fraction of sp³-hybridized carbons (Fsp3) is 0.417. The molecule has 1 aromatic carbocycles. The van der Waals surface area contributed by atoms with Crippen molar-refractivity contribution < 1.29 is 4.79 Å². The molecule has 1 aromatic rings. The fourth-order valence-electron chi connectivity index (χ4n) is 1.84. The number of nitrogens with two attached hydrogens (primary N) is 1. The first-order chi connectivity index (χ1) is 7.75. The summed E-state index contributed by atoms with van der Waals surface area (Å²) in [7, 11) is 0. The van der Waals surface area contributed by atoms with Crippen LogP contribution < -0.4 is 5.73 Å². The van der Waals surface area contributed by atoms with Crippen LogP contribution in [0.25, 0.3) is 0 Å². The molecule has 0 atom stereocenters. The highest BCUT2D eigenvalue weighted by atomic mass is 32.2. The topological polar surface area (TPSA) is 46.3 Å². The van der Waals surface area contributed by atoms with E-state index in [0.717, 1.165) is 25.9 Å². The summed E-state index contributed by atoms with van der Waals surface area (Å²) >= 11 is 1.87. The van der Waals surface area contributed by atoms with Crippen LogP contribution in [0.3, 0.4) is 0 Å². The minimum atomic E-state index is -0.295. The van der Waals surface area contributed by atoms with E-state index in [1.54, 1.807) is 4.90 Å². The highest BCUT2D eigenvalue weighted by Crippen LogP contribution is 2.29. The number of thioether (sulfide) groups is 1. The van der Waals surface area contributed by atoms with Crippen LogP contribution in [0.1, 0.15) is 12.8 Å². The molecule has 0 saturated carbocycles. The minimum Gasteiger partial charge on any atom is -0.351 e. The molecule has 0 bridgehead atoms. The van der Waals surface area contributed by atoms with Gasteiger partial charge in [0.25, 0.3) is 0 Å². The smallest absolute Gasteiger partial charge is 0.314 e. The molecule has 1 saturated heterocycles. The zero-order valence-electron chi connectivity index (χ0n) is 9.06. The van der Waals surface area contributed by atoms with Crippen LogP contribution in [-0.2, 0) is 0 Å². The van der Waals surface area contributed by atoms with Gasteiger partial charge in [0.2, 0.25) is 0 Å². The fourth-order valence-corrected chi connectivity index (χ4v) is 2.96. The lowest BCUT2D eigenvalue weighted by molar-refractivity contribution is 0.197. The maximum absolute atomic E-state index is 11.0. The van der Waals surface area contributed by atoms with Gasteiger partial charge < -0.3 is 10.6 Å². The summed E-state index contributed by atoms with van der Waals surface area (Å²) < 4.78 is 0. The average Bonchev–Trinajstić information content (AvgIpc) is 2.31. The van der Waals surface area contributed by atoms with Gasteiger partial charge in [-0.25, -0.2) is 4.79 Å². The van der Waals surface area contributed by atoms with E-state index < -0.39 is 0 Å². The number of piperidine rings is 1. The second-order valence-corrected chi connectivity index (χ2v) is 5.26. The third kappa shape index (κ3) is 2.92. The number of carbonyl (C=O) groups is 1. The summed E-state index contributed by atoms with van der Waals surface area (Å²) in [4.78, 5) is 13.9. The average molecular weight is 235 g/mol. The highest BCUT2D eigenvalue weighted by molar-refractivity contribution is 8.00. The van der Waals surface area contributed by atoms with Crippen molar-refractivity contribution in [1.82, 2.24) is 4.90 Å². The second kappa shape index (κ2) is 5.25. The summed E-state index contributed by atoms with van der Waals surface area (Å²) in [5, 5.41) is 0.589. The Morgan fingerprint density at radius 1 is 1.50 bits per heavy atom. The van der Waals surface area contributed by atoms with Crippen molar-refractivity contribution in [1.29, 1.82) is 0 Å². The van der Waals surface area contributed by atoms with Crippen LogP contribution in [-0.4, -0.2) is 29.3 Å².